The Hall–Kier alpha value is -1.23. The molecule has 0 saturated carbocycles. The predicted molar refractivity (Wildman–Crippen MR) is 72.8 cm³/mol. The summed E-state index contributed by atoms with van der Waals surface area (Å²) in [4.78, 5) is 33.9. The molecule has 0 aromatic heterocycles. The zero-order valence-corrected chi connectivity index (χ0v) is 12.3. The second kappa shape index (κ2) is 9.67. The molecule has 0 aliphatic carbocycles. The molecule has 0 atom stereocenters. The molecule has 0 aliphatic heterocycles. The Kier molecular flexibility index (Phi) is 9.04. The number of carbonyl (C=O) groups is 3. The molecule has 0 heterocycles. The number of amides is 1. The van der Waals surface area contributed by atoms with Crippen LogP contribution in [0.25, 0.3) is 0 Å². The van der Waals surface area contributed by atoms with Crippen LogP contribution in [0.2, 0.25) is 0 Å². The van der Waals surface area contributed by atoms with Gasteiger partial charge in [0.2, 0.25) is 5.91 Å². The quantitative estimate of drug-likeness (QED) is 0.481. The highest BCUT2D eigenvalue weighted by molar-refractivity contribution is 5.98. The van der Waals surface area contributed by atoms with Gasteiger partial charge in [-0.3, -0.25) is 14.4 Å². The first-order valence-electron chi connectivity index (χ1n) is 6.74. The molecule has 5 nitrogen and oxygen atoms in total. The van der Waals surface area contributed by atoms with E-state index in [0.717, 1.165) is 0 Å². The molecule has 0 aromatic carbocycles. The standard InChI is InChI=1S/C14H25NO4/c1-10(2)12(16)5-7-19-8-6-15-14(18)9-13(17)11(3)4/h10-11H,5-9H2,1-4H3,(H,15,18). The maximum atomic E-state index is 11.3. The third-order valence-electron chi connectivity index (χ3n) is 2.68. The number of nitrogens with one attached hydrogen (secondary N) is 1. The van der Waals surface area contributed by atoms with Gasteiger partial charge in [-0.1, -0.05) is 27.7 Å². The second-order valence-electron chi connectivity index (χ2n) is 5.13. The van der Waals surface area contributed by atoms with Crippen molar-refractivity contribution in [2.45, 2.75) is 40.5 Å². The van der Waals surface area contributed by atoms with E-state index >= 15 is 0 Å². The molecule has 0 aromatic rings. The number of ether oxygens (including phenoxy) is 1. The van der Waals surface area contributed by atoms with E-state index in [1.54, 1.807) is 13.8 Å². The number of hydrogen-bond donors (Lipinski definition) is 1. The van der Waals surface area contributed by atoms with E-state index in [2.05, 4.69) is 5.32 Å². The number of ketones is 2. The van der Waals surface area contributed by atoms with Crippen LogP contribution >= 0.6 is 0 Å². The van der Waals surface area contributed by atoms with E-state index in [0.29, 0.717) is 26.2 Å². The van der Waals surface area contributed by atoms with E-state index in [4.69, 9.17) is 4.74 Å². The van der Waals surface area contributed by atoms with E-state index in [1.165, 1.54) is 0 Å². The molecule has 0 aliphatic rings. The van der Waals surface area contributed by atoms with Crippen molar-refractivity contribution < 1.29 is 19.1 Å². The van der Waals surface area contributed by atoms with Crippen LogP contribution in [0, 0.1) is 11.8 Å². The van der Waals surface area contributed by atoms with Gasteiger partial charge in [-0.05, 0) is 0 Å². The minimum Gasteiger partial charge on any atom is -0.379 e. The maximum Gasteiger partial charge on any atom is 0.227 e. The van der Waals surface area contributed by atoms with Crippen molar-refractivity contribution in [2.24, 2.45) is 11.8 Å². The summed E-state index contributed by atoms with van der Waals surface area (Å²) in [5.74, 6) is -0.262. The lowest BCUT2D eigenvalue weighted by atomic mass is 10.1. The minimum atomic E-state index is -0.277. The molecule has 0 fully saturated rings. The molecule has 0 saturated heterocycles. The average molecular weight is 271 g/mol. The molecule has 5 heteroatoms. The number of Topliss-reactive ketones (excluding diaryl/α,β-unsaturated/α-hetero) is 2. The molecule has 0 rings (SSSR count). The zero-order chi connectivity index (χ0) is 14.8. The number of carbonyl (C=O) groups excluding carboxylic acids is 3. The summed E-state index contributed by atoms with van der Waals surface area (Å²) in [5.41, 5.74) is 0. The second-order valence-corrected chi connectivity index (χ2v) is 5.13. The first kappa shape index (κ1) is 17.8. The molecule has 110 valence electrons. The van der Waals surface area contributed by atoms with Gasteiger partial charge in [0.05, 0.1) is 19.6 Å². The van der Waals surface area contributed by atoms with E-state index in [9.17, 15) is 14.4 Å². The fourth-order valence-corrected chi connectivity index (χ4v) is 1.25. The van der Waals surface area contributed by atoms with Gasteiger partial charge in [0.25, 0.3) is 0 Å². The predicted octanol–water partition coefficient (Wildman–Crippen LogP) is 1.35. The van der Waals surface area contributed by atoms with Crippen LogP contribution in [0.1, 0.15) is 40.5 Å². The van der Waals surface area contributed by atoms with Gasteiger partial charge in [0, 0.05) is 24.8 Å². The molecule has 0 radical (unpaired) electrons. The third-order valence-corrected chi connectivity index (χ3v) is 2.68. The maximum absolute atomic E-state index is 11.3. The van der Waals surface area contributed by atoms with Crippen molar-refractivity contribution in [3.63, 3.8) is 0 Å². The summed E-state index contributed by atoms with van der Waals surface area (Å²) in [6.45, 7) is 8.34. The van der Waals surface area contributed by atoms with Gasteiger partial charge in [-0.2, -0.15) is 0 Å². The van der Waals surface area contributed by atoms with Crippen molar-refractivity contribution in [3.05, 3.63) is 0 Å². The van der Waals surface area contributed by atoms with Gasteiger partial charge in [-0.25, -0.2) is 0 Å². The van der Waals surface area contributed by atoms with Crippen molar-refractivity contribution in [1.82, 2.24) is 5.32 Å². The van der Waals surface area contributed by atoms with Crippen LogP contribution in [0.4, 0.5) is 0 Å². The minimum absolute atomic E-state index is 0.0327. The van der Waals surface area contributed by atoms with Crippen molar-refractivity contribution in [2.75, 3.05) is 19.8 Å². The highest BCUT2D eigenvalue weighted by Crippen LogP contribution is 1.99. The molecular weight excluding hydrogens is 246 g/mol. The average Bonchev–Trinajstić information content (AvgIpc) is 2.32. The Bertz CT molecular complexity index is 311. The van der Waals surface area contributed by atoms with Crippen LogP contribution in [-0.2, 0) is 19.1 Å². The summed E-state index contributed by atoms with van der Waals surface area (Å²) in [6, 6.07) is 0. The lowest BCUT2D eigenvalue weighted by Crippen LogP contribution is -2.30. The van der Waals surface area contributed by atoms with Crippen LogP contribution in [0.3, 0.4) is 0 Å². The Morgan fingerprint density at radius 1 is 0.947 bits per heavy atom. The van der Waals surface area contributed by atoms with Crippen molar-refractivity contribution >= 4 is 17.5 Å². The first-order chi connectivity index (χ1) is 8.84. The Morgan fingerprint density at radius 3 is 2.05 bits per heavy atom. The summed E-state index contributed by atoms with van der Waals surface area (Å²) in [6.07, 6.45) is 0.320. The number of hydrogen-bond acceptors (Lipinski definition) is 4. The van der Waals surface area contributed by atoms with E-state index < -0.39 is 0 Å². The molecule has 1 N–H and O–H groups in total. The Balaban J connectivity index is 3.52. The summed E-state index contributed by atoms with van der Waals surface area (Å²) in [5, 5.41) is 2.61. The lowest BCUT2D eigenvalue weighted by Gasteiger charge is -2.08. The van der Waals surface area contributed by atoms with Gasteiger partial charge in [-0.15, -0.1) is 0 Å². The fraction of sp³-hybridized carbons (Fsp3) is 0.786. The van der Waals surface area contributed by atoms with E-state index in [-0.39, 0.29) is 35.7 Å². The molecule has 19 heavy (non-hydrogen) atoms. The van der Waals surface area contributed by atoms with E-state index in [1.807, 2.05) is 13.8 Å². The molecule has 0 unspecified atom stereocenters. The lowest BCUT2D eigenvalue weighted by molar-refractivity contribution is -0.130. The van der Waals surface area contributed by atoms with Gasteiger partial charge in [0.15, 0.2) is 0 Å². The zero-order valence-electron chi connectivity index (χ0n) is 12.3. The molecule has 0 spiro atoms. The van der Waals surface area contributed by atoms with Gasteiger partial charge >= 0.3 is 0 Å². The topological polar surface area (TPSA) is 72.5 Å². The molecule has 1 amide bonds. The largest absolute Gasteiger partial charge is 0.379 e. The Labute approximate surface area is 115 Å². The number of rotatable bonds is 10. The SMILES string of the molecule is CC(C)C(=O)CCOCCNC(=O)CC(=O)C(C)C. The van der Waals surface area contributed by atoms with Crippen LogP contribution in [0.5, 0.6) is 0 Å². The fourth-order valence-electron chi connectivity index (χ4n) is 1.25. The highest BCUT2D eigenvalue weighted by Gasteiger charge is 2.12. The van der Waals surface area contributed by atoms with Crippen LogP contribution in [-0.4, -0.2) is 37.2 Å². The summed E-state index contributed by atoms with van der Waals surface area (Å²) in [7, 11) is 0. The monoisotopic (exact) mass is 271 g/mol. The van der Waals surface area contributed by atoms with Gasteiger partial charge < -0.3 is 10.1 Å². The Morgan fingerprint density at radius 2 is 1.53 bits per heavy atom. The van der Waals surface area contributed by atoms with Crippen LogP contribution in [0.15, 0.2) is 0 Å². The smallest absolute Gasteiger partial charge is 0.227 e. The summed E-state index contributed by atoms with van der Waals surface area (Å²) >= 11 is 0. The van der Waals surface area contributed by atoms with Crippen molar-refractivity contribution in [3.8, 4) is 0 Å². The molecule has 0 bridgehead atoms. The summed E-state index contributed by atoms with van der Waals surface area (Å²) < 4.78 is 5.24. The normalized spacial score (nSPS) is 10.8. The van der Waals surface area contributed by atoms with Crippen LogP contribution < -0.4 is 5.32 Å². The van der Waals surface area contributed by atoms with Crippen molar-refractivity contribution in [1.29, 1.82) is 0 Å². The third kappa shape index (κ3) is 9.36. The highest BCUT2D eigenvalue weighted by atomic mass is 16.5. The first-order valence-corrected chi connectivity index (χ1v) is 6.74. The van der Waals surface area contributed by atoms with Gasteiger partial charge in [0.1, 0.15) is 11.6 Å². The molecular formula is C14H25NO4.